The van der Waals surface area contributed by atoms with Crippen LogP contribution in [0.25, 0.3) is 0 Å². The van der Waals surface area contributed by atoms with Gasteiger partial charge in [0.2, 0.25) is 0 Å². The number of fused-ring (bicyclic) bond motifs is 1. The second-order valence-corrected chi connectivity index (χ2v) is 3.47. The summed E-state index contributed by atoms with van der Waals surface area (Å²) in [5.74, 6) is 0. The van der Waals surface area contributed by atoms with Crippen LogP contribution in [-0.2, 0) is 11.2 Å². The summed E-state index contributed by atoms with van der Waals surface area (Å²) in [6.45, 7) is 0.826. The van der Waals surface area contributed by atoms with Crippen LogP contribution in [0, 0.1) is 0 Å². The van der Waals surface area contributed by atoms with Crippen LogP contribution in [0.15, 0.2) is 24.3 Å². The Labute approximate surface area is 74.5 Å². The fourth-order valence-electron chi connectivity index (χ4n) is 1.35. The summed E-state index contributed by atoms with van der Waals surface area (Å²) in [7, 11) is 0. The lowest BCUT2D eigenvalue weighted by molar-refractivity contribution is 0.108. The fraction of sp³-hybridized carbons (Fsp3) is 0.333. The summed E-state index contributed by atoms with van der Waals surface area (Å²) in [4.78, 5) is 0. The Bertz CT molecular complexity index is 259. The van der Waals surface area contributed by atoms with Crippen LogP contribution in [-0.4, -0.2) is 6.61 Å². The van der Waals surface area contributed by atoms with Crippen molar-refractivity contribution >= 4 is 15.9 Å². The quantitative estimate of drug-likeness (QED) is 0.602. The number of alkyl halides is 1. The van der Waals surface area contributed by atoms with E-state index in [1.807, 2.05) is 6.07 Å². The number of benzene rings is 1. The van der Waals surface area contributed by atoms with Crippen LogP contribution in [0.5, 0.6) is 0 Å². The molecule has 0 bridgehead atoms. The molecule has 1 aromatic rings. The number of hydrogen-bond donors (Lipinski definition) is 0. The molecule has 1 aromatic carbocycles. The molecule has 0 aromatic heterocycles. The molecule has 0 aliphatic carbocycles. The minimum Gasteiger partial charge on any atom is -0.362 e. The molecule has 0 radical (unpaired) electrons. The first kappa shape index (κ1) is 7.32. The van der Waals surface area contributed by atoms with Crippen molar-refractivity contribution in [2.24, 2.45) is 0 Å². The molecule has 2 heteroatoms. The molecular formula is C9H9BrO. The van der Waals surface area contributed by atoms with Gasteiger partial charge in [-0.15, -0.1) is 0 Å². The van der Waals surface area contributed by atoms with Gasteiger partial charge in [0.05, 0.1) is 6.61 Å². The zero-order valence-corrected chi connectivity index (χ0v) is 7.67. The molecule has 0 fully saturated rings. The van der Waals surface area contributed by atoms with Crippen molar-refractivity contribution < 1.29 is 4.74 Å². The van der Waals surface area contributed by atoms with Crippen molar-refractivity contribution in [3.05, 3.63) is 35.4 Å². The molecule has 11 heavy (non-hydrogen) atoms. The van der Waals surface area contributed by atoms with Crippen LogP contribution in [0.4, 0.5) is 0 Å². The maximum atomic E-state index is 5.42. The highest BCUT2D eigenvalue weighted by molar-refractivity contribution is 9.09. The molecule has 1 aliphatic heterocycles. The highest BCUT2D eigenvalue weighted by Crippen LogP contribution is 2.30. The van der Waals surface area contributed by atoms with Gasteiger partial charge in [0.15, 0.2) is 0 Å². The molecule has 0 spiro atoms. The van der Waals surface area contributed by atoms with Crippen LogP contribution < -0.4 is 0 Å². The van der Waals surface area contributed by atoms with Crippen molar-refractivity contribution in [3.8, 4) is 0 Å². The Balaban J connectivity index is 2.44. The van der Waals surface area contributed by atoms with Crippen LogP contribution in [0.3, 0.4) is 0 Å². The molecule has 58 valence electrons. The monoisotopic (exact) mass is 212 g/mol. The standard InChI is InChI=1S/C9H9BrO/c10-9-8-4-2-1-3-7(8)5-6-11-9/h1-4,9H,5-6H2/t9-/m0/s1. The van der Waals surface area contributed by atoms with Gasteiger partial charge in [-0.1, -0.05) is 40.2 Å². The molecular weight excluding hydrogens is 204 g/mol. The highest BCUT2D eigenvalue weighted by atomic mass is 79.9. The Morgan fingerprint density at radius 2 is 2.18 bits per heavy atom. The summed E-state index contributed by atoms with van der Waals surface area (Å²) in [5, 5.41) is 0.104. The first-order chi connectivity index (χ1) is 5.38. The summed E-state index contributed by atoms with van der Waals surface area (Å²) < 4.78 is 5.42. The lowest BCUT2D eigenvalue weighted by Crippen LogP contribution is -2.11. The van der Waals surface area contributed by atoms with Gasteiger partial charge in [-0.3, -0.25) is 0 Å². The predicted molar refractivity (Wildman–Crippen MR) is 47.8 cm³/mol. The smallest absolute Gasteiger partial charge is 0.137 e. The molecule has 0 saturated carbocycles. The maximum Gasteiger partial charge on any atom is 0.137 e. The minimum atomic E-state index is 0.104. The summed E-state index contributed by atoms with van der Waals surface area (Å²) in [6.07, 6.45) is 1.04. The Kier molecular flexibility index (Phi) is 1.96. The van der Waals surface area contributed by atoms with Crippen molar-refractivity contribution in [1.82, 2.24) is 0 Å². The highest BCUT2D eigenvalue weighted by Gasteiger charge is 2.16. The van der Waals surface area contributed by atoms with Gasteiger partial charge in [-0.2, -0.15) is 0 Å². The average Bonchev–Trinajstić information content (AvgIpc) is 2.06. The van der Waals surface area contributed by atoms with Crippen LogP contribution >= 0.6 is 15.9 Å². The van der Waals surface area contributed by atoms with Gasteiger partial charge in [0.1, 0.15) is 5.01 Å². The van der Waals surface area contributed by atoms with Crippen molar-refractivity contribution in [3.63, 3.8) is 0 Å². The van der Waals surface area contributed by atoms with Crippen molar-refractivity contribution in [2.75, 3.05) is 6.61 Å². The molecule has 0 unspecified atom stereocenters. The normalized spacial score (nSPS) is 22.8. The number of ether oxygens (including phenoxy) is 1. The summed E-state index contributed by atoms with van der Waals surface area (Å²) >= 11 is 3.46. The predicted octanol–water partition coefficient (Wildman–Crippen LogP) is 2.65. The van der Waals surface area contributed by atoms with E-state index in [1.54, 1.807) is 0 Å². The first-order valence-corrected chi connectivity index (χ1v) is 4.63. The van der Waals surface area contributed by atoms with E-state index >= 15 is 0 Å². The fourth-order valence-corrected chi connectivity index (χ4v) is 1.98. The summed E-state index contributed by atoms with van der Waals surface area (Å²) in [6, 6.07) is 8.38. The molecule has 1 aliphatic rings. The van der Waals surface area contributed by atoms with E-state index in [-0.39, 0.29) is 5.01 Å². The van der Waals surface area contributed by atoms with Crippen LogP contribution in [0.2, 0.25) is 0 Å². The molecule has 0 N–H and O–H groups in total. The third-order valence-electron chi connectivity index (χ3n) is 1.94. The third-order valence-corrected chi connectivity index (χ3v) is 2.69. The molecule has 1 nitrogen and oxygen atoms in total. The van der Waals surface area contributed by atoms with Crippen molar-refractivity contribution in [2.45, 2.75) is 11.4 Å². The lowest BCUT2D eigenvalue weighted by Gasteiger charge is -2.20. The van der Waals surface area contributed by atoms with Gasteiger partial charge in [0.25, 0.3) is 0 Å². The lowest BCUT2D eigenvalue weighted by atomic mass is 10.0. The number of rotatable bonds is 0. The summed E-state index contributed by atoms with van der Waals surface area (Å²) in [5.41, 5.74) is 2.68. The van der Waals surface area contributed by atoms with E-state index in [0.29, 0.717) is 0 Å². The van der Waals surface area contributed by atoms with E-state index in [2.05, 4.69) is 34.1 Å². The van der Waals surface area contributed by atoms with Gasteiger partial charge >= 0.3 is 0 Å². The second kappa shape index (κ2) is 2.95. The molecule has 1 atom stereocenters. The SMILES string of the molecule is Br[C@H]1OCCc2ccccc21. The van der Waals surface area contributed by atoms with E-state index in [9.17, 15) is 0 Å². The Morgan fingerprint density at radius 3 is 3.00 bits per heavy atom. The molecule has 0 amide bonds. The molecule has 1 heterocycles. The largest absolute Gasteiger partial charge is 0.362 e. The number of halogens is 1. The maximum absolute atomic E-state index is 5.42. The minimum absolute atomic E-state index is 0.104. The van der Waals surface area contributed by atoms with E-state index in [1.165, 1.54) is 11.1 Å². The topological polar surface area (TPSA) is 9.23 Å². The molecule has 2 rings (SSSR count). The van der Waals surface area contributed by atoms with Gasteiger partial charge < -0.3 is 4.74 Å². The second-order valence-electron chi connectivity index (χ2n) is 2.64. The average molecular weight is 213 g/mol. The Morgan fingerprint density at radius 1 is 1.36 bits per heavy atom. The van der Waals surface area contributed by atoms with E-state index in [4.69, 9.17) is 4.74 Å². The Hall–Kier alpha value is -0.340. The van der Waals surface area contributed by atoms with Gasteiger partial charge in [-0.05, 0) is 17.5 Å². The zero-order valence-electron chi connectivity index (χ0n) is 6.09. The zero-order chi connectivity index (χ0) is 7.68. The van der Waals surface area contributed by atoms with Crippen LogP contribution in [0.1, 0.15) is 16.1 Å². The van der Waals surface area contributed by atoms with E-state index in [0.717, 1.165) is 13.0 Å². The molecule has 0 saturated heterocycles. The van der Waals surface area contributed by atoms with Gasteiger partial charge in [-0.25, -0.2) is 0 Å². The third kappa shape index (κ3) is 1.33. The number of hydrogen-bond acceptors (Lipinski definition) is 1. The van der Waals surface area contributed by atoms with Gasteiger partial charge in [0, 0.05) is 0 Å². The van der Waals surface area contributed by atoms with Crippen molar-refractivity contribution in [1.29, 1.82) is 0 Å². The first-order valence-electron chi connectivity index (χ1n) is 3.71. The van der Waals surface area contributed by atoms with E-state index < -0.39 is 0 Å².